The minimum absolute atomic E-state index is 0.0374. The zero-order chi connectivity index (χ0) is 16.0. The minimum atomic E-state index is 0.0374. The van der Waals surface area contributed by atoms with Crippen molar-refractivity contribution in [3.63, 3.8) is 0 Å². The van der Waals surface area contributed by atoms with Crippen LogP contribution >= 0.6 is 0 Å². The van der Waals surface area contributed by atoms with Crippen LogP contribution in [0.15, 0.2) is 35.3 Å². The summed E-state index contributed by atoms with van der Waals surface area (Å²) in [6.45, 7) is 3.88. The molecular weight excluding hydrogens is 290 g/mol. The van der Waals surface area contributed by atoms with Crippen LogP contribution in [0.5, 0.6) is 0 Å². The second kappa shape index (κ2) is 7.79. The highest BCUT2D eigenvalue weighted by Gasteiger charge is 2.34. The molecule has 2 fully saturated rings. The van der Waals surface area contributed by atoms with Crippen molar-refractivity contribution in [1.82, 2.24) is 5.32 Å². The van der Waals surface area contributed by atoms with Crippen LogP contribution in [0.3, 0.4) is 0 Å². The Morgan fingerprint density at radius 2 is 2.00 bits per heavy atom. The van der Waals surface area contributed by atoms with Crippen molar-refractivity contribution in [2.75, 3.05) is 32.9 Å². The molecule has 3 N–H and O–H groups in total. The maximum Gasteiger partial charge on any atom is 0.188 e. The molecular formula is C18H27N3O2. The van der Waals surface area contributed by atoms with Crippen molar-refractivity contribution in [3.05, 3.63) is 35.9 Å². The first-order chi connectivity index (χ1) is 11.3. The number of guanidine groups is 1. The lowest BCUT2D eigenvalue weighted by molar-refractivity contribution is 0.0531. The fourth-order valence-corrected chi connectivity index (χ4v) is 3.41. The van der Waals surface area contributed by atoms with E-state index in [9.17, 15) is 0 Å². The summed E-state index contributed by atoms with van der Waals surface area (Å²) in [5.41, 5.74) is 7.43. The van der Waals surface area contributed by atoms with Gasteiger partial charge in [-0.3, -0.25) is 4.99 Å². The van der Waals surface area contributed by atoms with Gasteiger partial charge in [0.05, 0.1) is 12.6 Å². The number of nitrogens with two attached hydrogens (primary N) is 1. The Kier molecular flexibility index (Phi) is 5.51. The quantitative estimate of drug-likeness (QED) is 0.642. The van der Waals surface area contributed by atoms with E-state index in [4.69, 9.17) is 15.2 Å². The van der Waals surface area contributed by atoms with E-state index in [0.717, 1.165) is 52.0 Å². The lowest BCUT2D eigenvalue weighted by Gasteiger charge is -2.36. The van der Waals surface area contributed by atoms with Gasteiger partial charge in [-0.2, -0.15) is 0 Å². The molecule has 0 bridgehead atoms. The van der Waals surface area contributed by atoms with Crippen LogP contribution < -0.4 is 11.1 Å². The van der Waals surface area contributed by atoms with Crippen LogP contribution in [0, 0.1) is 0 Å². The van der Waals surface area contributed by atoms with Crippen LogP contribution in [0.4, 0.5) is 0 Å². The second-order valence-corrected chi connectivity index (χ2v) is 6.48. The van der Waals surface area contributed by atoms with Crippen molar-refractivity contribution < 1.29 is 9.47 Å². The van der Waals surface area contributed by atoms with Gasteiger partial charge in [0.2, 0.25) is 0 Å². The summed E-state index contributed by atoms with van der Waals surface area (Å²) in [5.74, 6) is 0.516. The van der Waals surface area contributed by atoms with Gasteiger partial charge in [0.25, 0.3) is 0 Å². The third-order valence-electron chi connectivity index (χ3n) is 4.92. The largest absolute Gasteiger partial charge is 0.381 e. The number of ether oxygens (including phenoxy) is 2. The molecule has 0 aromatic heterocycles. The first-order valence-electron chi connectivity index (χ1n) is 8.57. The summed E-state index contributed by atoms with van der Waals surface area (Å²) in [7, 11) is 0. The van der Waals surface area contributed by atoms with Crippen LogP contribution in [-0.4, -0.2) is 45.0 Å². The van der Waals surface area contributed by atoms with Crippen LogP contribution in [0.1, 0.15) is 31.2 Å². The highest BCUT2D eigenvalue weighted by atomic mass is 16.5. The molecule has 5 nitrogen and oxygen atoms in total. The lowest BCUT2D eigenvalue weighted by atomic mass is 9.74. The summed E-state index contributed by atoms with van der Waals surface area (Å²) >= 11 is 0. The molecule has 0 amide bonds. The predicted molar refractivity (Wildman–Crippen MR) is 91.6 cm³/mol. The third-order valence-corrected chi connectivity index (χ3v) is 4.92. The second-order valence-electron chi connectivity index (χ2n) is 6.48. The van der Waals surface area contributed by atoms with Crippen molar-refractivity contribution in [3.8, 4) is 0 Å². The Labute approximate surface area is 138 Å². The molecule has 0 radical (unpaired) electrons. The average Bonchev–Trinajstić information content (AvgIpc) is 3.13. The number of hydrogen-bond acceptors (Lipinski definition) is 3. The molecule has 2 heterocycles. The zero-order valence-corrected chi connectivity index (χ0v) is 13.7. The standard InChI is InChI=1S/C18H27N3O2/c19-17(20-13-16-7-4-10-23-16)21-14-18(8-11-22-12-9-18)15-5-2-1-3-6-15/h1-3,5-6,16H,4,7-14H2,(H3,19,20,21)/t16-/m1/s1. The molecule has 3 rings (SSSR count). The van der Waals surface area contributed by atoms with E-state index < -0.39 is 0 Å². The smallest absolute Gasteiger partial charge is 0.188 e. The van der Waals surface area contributed by atoms with E-state index in [2.05, 4.69) is 40.6 Å². The monoisotopic (exact) mass is 317 g/mol. The molecule has 2 aliphatic heterocycles. The van der Waals surface area contributed by atoms with Crippen molar-refractivity contribution in [2.24, 2.45) is 10.7 Å². The van der Waals surface area contributed by atoms with Gasteiger partial charge in [-0.1, -0.05) is 30.3 Å². The summed E-state index contributed by atoms with van der Waals surface area (Å²) < 4.78 is 11.2. The first kappa shape index (κ1) is 16.3. The van der Waals surface area contributed by atoms with Crippen LogP contribution in [-0.2, 0) is 14.9 Å². The van der Waals surface area contributed by atoms with Crippen LogP contribution in [0.2, 0.25) is 0 Å². The molecule has 2 aliphatic rings. The molecule has 5 heteroatoms. The number of nitrogens with one attached hydrogen (secondary N) is 1. The number of nitrogens with zero attached hydrogens (tertiary/aromatic N) is 1. The topological polar surface area (TPSA) is 68.9 Å². The Morgan fingerprint density at radius 3 is 2.70 bits per heavy atom. The van der Waals surface area contributed by atoms with E-state index in [1.807, 2.05) is 0 Å². The molecule has 1 aromatic rings. The fourth-order valence-electron chi connectivity index (χ4n) is 3.41. The number of rotatable bonds is 5. The Hall–Kier alpha value is -1.59. The van der Waals surface area contributed by atoms with E-state index in [-0.39, 0.29) is 11.5 Å². The van der Waals surface area contributed by atoms with E-state index in [1.165, 1.54) is 5.56 Å². The highest BCUT2D eigenvalue weighted by Crippen LogP contribution is 2.35. The molecule has 1 atom stereocenters. The molecule has 0 unspecified atom stereocenters. The van der Waals surface area contributed by atoms with Crippen LogP contribution in [0.25, 0.3) is 0 Å². The maximum absolute atomic E-state index is 6.06. The molecule has 1 aromatic carbocycles. The summed E-state index contributed by atoms with van der Waals surface area (Å²) in [6.07, 6.45) is 4.49. The molecule has 0 aliphatic carbocycles. The van der Waals surface area contributed by atoms with Crippen molar-refractivity contribution >= 4 is 5.96 Å². The van der Waals surface area contributed by atoms with E-state index >= 15 is 0 Å². The summed E-state index contributed by atoms with van der Waals surface area (Å²) in [4.78, 5) is 4.63. The Morgan fingerprint density at radius 1 is 1.22 bits per heavy atom. The number of benzene rings is 1. The zero-order valence-electron chi connectivity index (χ0n) is 13.7. The SMILES string of the molecule is NC(=NCC1(c2ccccc2)CCOCC1)NC[C@H]1CCCO1. The molecule has 126 valence electrons. The molecule has 0 spiro atoms. The van der Waals surface area contributed by atoms with Crippen molar-refractivity contribution in [1.29, 1.82) is 0 Å². The van der Waals surface area contributed by atoms with Gasteiger partial charge in [0.1, 0.15) is 0 Å². The first-order valence-corrected chi connectivity index (χ1v) is 8.57. The van der Waals surface area contributed by atoms with E-state index in [0.29, 0.717) is 12.5 Å². The molecule has 2 saturated heterocycles. The highest BCUT2D eigenvalue weighted by molar-refractivity contribution is 5.77. The van der Waals surface area contributed by atoms with Gasteiger partial charge in [-0.25, -0.2) is 0 Å². The minimum Gasteiger partial charge on any atom is -0.381 e. The Balaban J connectivity index is 1.62. The van der Waals surface area contributed by atoms with Gasteiger partial charge in [0, 0.05) is 31.8 Å². The van der Waals surface area contributed by atoms with Gasteiger partial charge in [-0.15, -0.1) is 0 Å². The van der Waals surface area contributed by atoms with Gasteiger partial charge < -0.3 is 20.5 Å². The van der Waals surface area contributed by atoms with Gasteiger partial charge >= 0.3 is 0 Å². The molecule has 23 heavy (non-hydrogen) atoms. The normalized spacial score (nSPS) is 24.5. The third kappa shape index (κ3) is 4.24. The number of aliphatic imine (C=N–C) groups is 1. The number of hydrogen-bond donors (Lipinski definition) is 2. The fraction of sp³-hybridized carbons (Fsp3) is 0.611. The predicted octanol–water partition coefficient (Wildman–Crippen LogP) is 1.82. The van der Waals surface area contributed by atoms with E-state index in [1.54, 1.807) is 0 Å². The Bertz CT molecular complexity index is 506. The summed E-state index contributed by atoms with van der Waals surface area (Å²) in [5, 5.41) is 3.20. The molecule has 0 saturated carbocycles. The van der Waals surface area contributed by atoms with Gasteiger partial charge in [-0.05, 0) is 31.2 Å². The van der Waals surface area contributed by atoms with Gasteiger partial charge in [0.15, 0.2) is 5.96 Å². The average molecular weight is 317 g/mol. The summed E-state index contributed by atoms with van der Waals surface area (Å²) in [6, 6.07) is 10.6. The van der Waals surface area contributed by atoms with Crippen molar-refractivity contribution in [2.45, 2.75) is 37.2 Å². The lowest BCUT2D eigenvalue weighted by Crippen LogP contribution is -2.41. The maximum atomic E-state index is 6.06.